The lowest BCUT2D eigenvalue weighted by Crippen LogP contribution is -2.37. The minimum absolute atomic E-state index is 0.182. The third kappa shape index (κ3) is 3.55. The lowest BCUT2D eigenvalue weighted by molar-refractivity contribution is 0.0513. The monoisotopic (exact) mass is 434 g/mol. The summed E-state index contributed by atoms with van der Waals surface area (Å²) in [7, 11) is 2.05. The molecule has 0 saturated carbocycles. The van der Waals surface area contributed by atoms with Gasteiger partial charge in [-0.05, 0) is 45.8 Å². The molecular formula is C25H30N4O3. The number of likely N-dealkylation sites (tertiary alicyclic amines) is 1. The number of carbonyl (C=O) groups excluding carboxylic acids is 1. The Balaban J connectivity index is 1.83. The van der Waals surface area contributed by atoms with Crippen molar-refractivity contribution in [3.63, 3.8) is 0 Å². The van der Waals surface area contributed by atoms with Crippen molar-refractivity contribution >= 4 is 16.9 Å². The van der Waals surface area contributed by atoms with Gasteiger partial charge in [-0.3, -0.25) is 15.2 Å². The number of hydrogen-bond donors (Lipinski definition) is 1. The summed E-state index contributed by atoms with van der Waals surface area (Å²) >= 11 is 0. The highest BCUT2D eigenvalue weighted by Gasteiger charge is 2.33. The first-order valence-electron chi connectivity index (χ1n) is 11.4. The molecule has 1 unspecified atom stereocenters. The summed E-state index contributed by atoms with van der Waals surface area (Å²) in [5, 5.41) is 4.52. The molecule has 1 fully saturated rings. The first-order chi connectivity index (χ1) is 15.6. The average Bonchev–Trinajstić information content (AvgIpc) is 3.42. The molecule has 5 rings (SSSR count). The van der Waals surface area contributed by atoms with Gasteiger partial charge in [0.25, 0.3) is 0 Å². The number of ether oxygens (including phenoxy) is 2. The fourth-order valence-electron chi connectivity index (χ4n) is 5.06. The molecule has 1 atom stereocenters. The predicted molar refractivity (Wildman–Crippen MR) is 124 cm³/mol. The maximum atomic E-state index is 13.3. The molecule has 7 nitrogen and oxygen atoms in total. The maximum Gasteiger partial charge on any atom is 0.342 e. The normalized spacial score (nSPS) is 18.5. The minimum Gasteiger partial charge on any atom is -0.474 e. The summed E-state index contributed by atoms with van der Waals surface area (Å²) < 4.78 is 14.0. The van der Waals surface area contributed by atoms with Crippen LogP contribution in [0, 0.1) is 0 Å². The molecule has 1 saturated heterocycles. The number of nitrogens with zero attached hydrogens (tertiary/aromatic N) is 3. The van der Waals surface area contributed by atoms with Crippen molar-refractivity contribution in [3.8, 4) is 16.9 Å². The zero-order valence-electron chi connectivity index (χ0n) is 19.0. The van der Waals surface area contributed by atoms with Crippen molar-refractivity contribution in [2.75, 3.05) is 19.7 Å². The number of pyridine rings is 1. The molecule has 4 heterocycles. The number of rotatable bonds is 5. The van der Waals surface area contributed by atoms with E-state index in [0.717, 1.165) is 46.2 Å². The minimum atomic E-state index is -0.307. The van der Waals surface area contributed by atoms with Crippen LogP contribution in [0.1, 0.15) is 48.2 Å². The highest BCUT2D eigenvalue weighted by molar-refractivity contribution is 6.08. The second-order valence-electron chi connectivity index (χ2n) is 8.62. The molecule has 7 heteroatoms. The van der Waals surface area contributed by atoms with E-state index in [2.05, 4.69) is 39.1 Å². The molecular weight excluding hydrogens is 404 g/mol. The average molecular weight is 435 g/mol. The van der Waals surface area contributed by atoms with Gasteiger partial charge in [0.15, 0.2) is 0 Å². The molecule has 0 bridgehead atoms. The largest absolute Gasteiger partial charge is 0.474 e. The molecule has 0 radical (unpaired) electrons. The van der Waals surface area contributed by atoms with Crippen molar-refractivity contribution in [1.29, 1.82) is 0 Å². The highest BCUT2D eigenvalue weighted by atomic mass is 16.5. The number of esters is 1. The fraction of sp³-hybridized carbons (Fsp3) is 0.440. The van der Waals surface area contributed by atoms with E-state index >= 15 is 0 Å². The summed E-state index contributed by atoms with van der Waals surface area (Å²) in [5.74, 6) is 0.353. The van der Waals surface area contributed by atoms with E-state index < -0.39 is 0 Å². The number of benzene rings is 1. The van der Waals surface area contributed by atoms with E-state index in [1.807, 2.05) is 26.1 Å². The van der Waals surface area contributed by atoms with Crippen LogP contribution in [-0.4, -0.2) is 46.3 Å². The zero-order valence-corrected chi connectivity index (χ0v) is 19.0. The van der Waals surface area contributed by atoms with Gasteiger partial charge >= 0.3 is 5.97 Å². The van der Waals surface area contributed by atoms with E-state index in [-0.39, 0.29) is 12.2 Å². The number of carbonyl (C=O) groups is 1. The zero-order chi connectivity index (χ0) is 22.2. The fourth-order valence-corrected chi connectivity index (χ4v) is 5.06. The van der Waals surface area contributed by atoms with E-state index in [9.17, 15) is 4.79 Å². The Morgan fingerprint density at radius 3 is 2.88 bits per heavy atom. The van der Waals surface area contributed by atoms with Crippen LogP contribution in [0.5, 0.6) is 5.75 Å². The van der Waals surface area contributed by atoms with E-state index in [1.54, 1.807) is 6.20 Å². The van der Waals surface area contributed by atoms with Gasteiger partial charge in [0.1, 0.15) is 17.5 Å². The molecule has 2 aliphatic heterocycles. The SMILES string of the molecule is CCOC(=O)c1c2c(c3c(-c4cccnc4)cn(C)c3c1CN1CCCC1)CNC(C)O2. The highest BCUT2D eigenvalue weighted by Crippen LogP contribution is 2.44. The summed E-state index contributed by atoms with van der Waals surface area (Å²) in [5.41, 5.74) is 5.79. The molecule has 0 spiro atoms. The molecule has 168 valence electrons. The van der Waals surface area contributed by atoms with Gasteiger partial charge in [0.2, 0.25) is 0 Å². The number of aryl methyl sites for hydroxylation is 1. The van der Waals surface area contributed by atoms with Crippen LogP contribution in [0.4, 0.5) is 0 Å². The second kappa shape index (κ2) is 8.56. The lowest BCUT2D eigenvalue weighted by atomic mass is 9.92. The summed E-state index contributed by atoms with van der Waals surface area (Å²) in [6.07, 6.45) is 8.01. The number of hydrogen-bond acceptors (Lipinski definition) is 6. The van der Waals surface area contributed by atoms with Gasteiger partial charge in [-0.1, -0.05) is 6.07 Å². The topological polar surface area (TPSA) is 68.6 Å². The van der Waals surface area contributed by atoms with Crippen LogP contribution >= 0.6 is 0 Å². The van der Waals surface area contributed by atoms with Crippen LogP contribution in [-0.2, 0) is 24.9 Å². The molecule has 1 aromatic carbocycles. The first-order valence-corrected chi connectivity index (χ1v) is 11.4. The van der Waals surface area contributed by atoms with Crippen LogP contribution in [0.2, 0.25) is 0 Å². The summed E-state index contributed by atoms with van der Waals surface area (Å²) in [6, 6.07) is 4.03. The van der Waals surface area contributed by atoms with E-state index in [0.29, 0.717) is 31.0 Å². The Hall–Kier alpha value is -2.90. The van der Waals surface area contributed by atoms with Crippen molar-refractivity contribution in [2.45, 2.75) is 46.0 Å². The van der Waals surface area contributed by atoms with Crippen molar-refractivity contribution < 1.29 is 14.3 Å². The molecule has 1 N–H and O–H groups in total. The van der Waals surface area contributed by atoms with Gasteiger partial charge in [-0.2, -0.15) is 0 Å². The van der Waals surface area contributed by atoms with Crippen molar-refractivity contribution in [2.24, 2.45) is 7.05 Å². The maximum absolute atomic E-state index is 13.3. The van der Waals surface area contributed by atoms with Gasteiger partial charge < -0.3 is 14.0 Å². The molecule has 2 aromatic heterocycles. The van der Waals surface area contributed by atoms with Gasteiger partial charge in [0, 0.05) is 66.4 Å². The van der Waals surface area contributed by atoms with Crippen LogP contribution in [0.15, 0.2) is 30.7 Å². The van der Waals surface area contributed by atoms with Crippen molar-refractivity contribution in [1.82, 2.24) is 19.8 Å². The quantitative estimate of drug-likeness (QED) is 0.616. The molecule has 3 aromatic rings. The molecule has 2 aliphatic rings. The van der Waals surface area contributed by atoms with Crippen LogP contribution in [0.25, 0.3) is 22.0 Å². The summed E-state index contributed by atoms with van der Waals surface area (Å²) in [4.78, 5) is 20.0. The van der Waals surface area contributed by atoms with Crippen LogP contribution < -0.4 is 10.1 Å². The predicted octanol–water partition coefficient (Wildman–Crippen LogP) is 3.84. The number of aromatic nitrogens is 2. The van der Waals surface area contributed by atoms with Crippen LogP contribution in [0.3, 0.4) is 0 Å². The third-order valence-corrected chi connectivity index (χ3v) is 6.47. The first kappa shape index (κ1) is 21.0. The third-order valence-electron chi connectivity index (χ3n) is 6.47. The van der Waals surface area contributed by atoms with E-state index in [1.165, 1.54) is 12.8 Å². The Morgan fingerprint density at radius 2 is 2.16 bits per heavy atom. The van der Waals surface area contributed by atoms with Crippen molar-refractivity contribution in [3.05, 3.63) is 47.4 Å². The smallest absolute Gasteiger partial charge is 0.342 e. The van der Waals surface area contributed by atoms with Gasteiger partial charge in [-0.15, -0.1) is 0 Å². The Morgan fingerprint density at radius 1 is 1.34 bits per heavy atom. The Bertz CT molecular complexity index is 1150. The standard InChI is InChI=1S/C25H30N4O3/c1-4-31-25(30)22-20(15-29-10-5-6-11-29)23-21(18-13-27-16(2)32-24(18)22)19(14-28(23)3)17-8-7-9-26-12-17/h7-9,12,14,16,27H,4-6,10-11,13,15H2,1-3H3. The number of nitrogens with one attached hydrogen (secondary N) is 1. The Kier molecular flexibility index (Phi) is 5.61. The van der Waals surface area contributed by atoms with Gasteiger partial charge in [0.05, 0.1) is 12.1 Å². The lowest BCUT2D eigenvalue weighted by Gasteiger charge is -2.30. The number of fused-ring (bicyclic) bond motifs is 3. The second-order valence-corrected chi connectivity index (χ2v) is 8.62. The molecule has 0 amide bonds. The Labute approximate surface area is 188 Å². The molecule has 0 aliphatic carbocycles. The van der Waals surface area contributed by atoms with Gasteiger partial charge in [-0.25, -0.2) is 4.79 Å². The molecule has 32 heavy (non-hydrogen) atoms. The van der Waals surface area contributed by atoms with E-state index in [4.69, 9.17) is 9.47 Å². The summed E-state index contributed by atoms with van der Waals surface area (Å²) in [6.45, 7) is 7.55.